The van der Waals surface area contributed by atoms with E-state index in [-0.39, 0.29) is 0 Å². The smallest absolute Gasteiger partial charge is 0.234 e. The lowest BCUT2D eigenvalue weighted by atomic mass is 9.96. The predicted molar refractivity (Wildman–Crippen MR) is 99.1 cm³/mol. The Labute approximate surface area is 151 Å². The van der Waals surface area contributed by atoms with Gasteiger partial charge in [-0.05, 0) is 31.9 Å². The number of hydrogen-bond acceptors (Lipinski definition) is 3. The number of aryl methyl sites for hydroxylation is 1. The summed E-state index contributed by atoms with van der Waals surface area (Å²) in [6.45, 7) is 3.93. The molecule has 1 N–H and O–H groups in total. The summed E-state index contributed by atoms with van der Waals surface area (Å²) in [4.78, 5) is 8.69. The Hall–Kier alpha value is -2.27. The SMILES string of the molecule is CCCCCC(=N)c1c(-c2c(F)cccc2Cl)c(C)nc2nccn12. The van der Waals surface area contributed by atoms with Gasteiger partial charge < -0.3 is 5.41 Å². The van der Waals surface area contributed by atoms with Gasteiger partial charge in [0.2, 0.25) is 5.78 Å². The first-order valence-electron chi connectivity index (χ1n) is 8.40. The molecule has 0 saturated heterocycles. The molecule has 0 unspecified atom stereocenters. The second kappa shape index (κ2) is 7.31. The molecule has 0 bridgehead atoms. The highest BCUT2D eigenvalue weighted by atomic mass is 35.5. The van der Waals surface area contributed by atoms with Gasteiger partial charge >= 0.3 is 0 Å². The van der Waals surface area contributed by atoms with Crippen molar-refractivity contribution in [3.8, 4) is 11.1 Å². The number of nitrogens with zero attached hydrogens (tertiary/aromatic N) is 3. The number of rotatable bonds is 6. The van der Waals surface area contributed by atoms with Crippen molar-refractivity contribution < 1.29 is 4.39 Å². The van der Waals surface area contributed by atoms with Crippen molar-refractivity contribution in [2.45, 2.75) is 39.5 Å². The number of benzene rings is 1. The number of nitrogens with one attached hydrogen (secondary N) is 1. The number of imidazole rings is 1. The first-order chi connectivity index (χ1) is 12.0. The molecular formula is C19H20ClFN4. The summed E-state index contributed by atoms with van der Waals surface area (Å²) in [6, 6.07) is 4.61. The van der Waals surface area contributed by atoms with E-state index in [0.29, 0.717) is 45.4 Å². The van der Waals surface area contributed by atoms with Crippen LogP contribution in [0, 0.1) is 18.2 Å². The van der Waals surface area contributed by atoms with Crippen molar-refractivity contribution in [1.82, 2.24) is 14.4 Å². The third-order valence-corrected chi connectivity index (χ3v) is 4.57. The monoisotopic (exact) mass is 358 g/mol. The van der Waals surface area contributed by atoms with Crippen molar-refractivity contribution in [3.63, 3.8) is 0 Å². The molecule has 1 aromatic carbocycles. The van der Waals surface area contributed by atoms with E-state index in [1.807, 2.05) is 0 Å². The first kappa shape index (κ1) is 17.5. The topological polar surface area (TPSA) is 54.0 Å². The lowest BCUT2D eigenvalue weighted by Crippen LogP contribution is -2.12. The number of unbranched alkanes of at least 4 members (excludes halogenated alkanes) is 2. The largest absolute Gasteiger partial charge is 0.303 e. The van der Waals surface area contributed by atoms with E-state index in [9.17, 15) is 4.39 Å². The van der Waals surface area contributed by atoms with Gasteiger partial charge in [0.1, 0.15) is 5.82 Å². The summed E-state index contributed by atoms with van der Waals surface area (Å²) in [5, 5.41) is 8.93. The second-order valence-electron chi connectivity index (χ2n) is 6.05. The summed E-state index contributed by atoms with van der Waals surface area (Å²) in [6.07, 6.45) is 7.05. The van der Waals surface area contributed by atoms with Crippen LogP contribution < -0.4 is 0 Å². The molecule has 4 nitrogen and oxygen atoms in total. The van der Waals surface area contributed by atoms with Crippen LogP contribution in [0.2, 0.25) is 5.02 Å². The van der Waals surface area contributed by atoms with E-state index < -0.39 is 5.82 Å². The molecule has 3 rings (SSSR count). The zero-order chi connectivity index (χ0) is 18.0. The van der Waals surface area contributed by atoms with Crippen molar-refractivity contribution in [1.29, 1.82) is 5.41 Å². The Balaban J connectivity index is 2.25. The van der Waals surface area contributed by atoms with E-state index in [0.717, 1.165) is 19.3 Å². The molecule has 0 saturated carbocycles. The van der Waals surface area contributed by atoms with Gasteiger partial charge in [-0.1, -0.05) is 37.4 Å². The molecule has 0 fully saturated rings. The molecule has 0 aliphatic carbocycles. The Kier molecular flexibility index (Phi) is 5.13. The van der Waals surface area contributed by atoms with Gasteiger partial charge in [0.15, 0.2) is 0 Å². The van der Waals surface area contributed by atoms with Crippen LogP contribution in [0.15, 0.2) is 30.6 Å². The lowest BCUT2D eigenvalue weighted by Gasteiger charge is -2.17. The summed E-state index contributed by atoms with van der Waals surface area (Å²) < 4.78 is 16.3. The molecule has 0 amide bonds. The quantitative estimate of drug-likeness (QED) is 0.470. The minimum Gasteiger partial charge on any atom is -0.303 e. The van der Waals surface area contributed by atoms with Crippen molar-refractivity contribution in [3.05, 3.63) is 52.8 Å². The Morgan fingerprint density at radius 1 is 1.28 bits per heavy atom. The van der Waals surface area contributed by atoms with Gasteiger partial charge in [0.05, 0.1) is 22.1 Å². The van der Waals surface area contributed by atoms with Crippen LogP contribution in [-0.4, -0.2) is 20.1 Å². The summed E-state index contributed by atoms with van der Waals surface area (Å²) >= 11 is 6.30. The average Bonchev–Trinajstić information content (AvgIpc) is 3.02. The van der Waals surface area contributed by atoms with E-state index in [4.69, 9.17) is 17.0 Å². The molecule has 0 aliphatic rings. The highest BCUT2D eigenvalue weighted by molar-refractivity contribution is 6.33. The molecule has 0 radical (unpaired) electrons. The molecule has 0 atom stereocenters. The predicted octanol–water partition coefficient (Wildman–Crippen LogP) is 5.45. The van der Waals surface area contributed by atoms with Crippen LogP contribution in [0.25, 0.3) is 16.9 Å². The highest BCUT2D eigenvalue weighted by Crippen LogP contribution is 2.35. The molecule has 130 valence electrons. The maximum absolute atomic E-state index is 14.6. The second-order valence-corrected chi connectivity index (χ2v) is 6.46. The normalized spacial score (nSPS) is 11.2. The number of halogens is 2. The van der Waals surface area contributed by atoms with Gasteiger partial charge in [0, 0.05) is 23.5 Å². The molecular weight excluding hydrogens is 339 g/mol. The van der Waals surface area contributed by atoms with Gasteiger partial charge in [0.25, 0.3) is 0 Å². The fourth-order valence-electron chi connectivity index (χ4n) is 3.05. The fraction of sp³-hybridized carbons (Fsp3) is 0.316. The molecule has 25 heavy (non-hydrogen) atoms. The summed E-state index contributed by atoms with van der Waals surface area (Å²) in [5.74, 6) is 0.0865. The van der Waals surface area contributed by atoms with Crippen LogP contribution in [0.1, 0.15) is 44.0 Å². The summed E-state index contributed by atoms with van der Waals surface area (Å²) in [7, 11) is 0. The van der Waals surface area contributed by atoms with Crippen LogP contribution in [0.5, 0.6) is 0 Å². The van der Waals surface area contributed by atoms with Gasteiger partial charge in [-0.15, -0.1) is 0 Å². The molecule has 2 aromatic heterocycles. The number of hydrogen-bond donors (Lipinski definition) is 1. The lowest BCUT2D eigenvalue weighted by molar-refractivity contribution is 0.631. The maximum atomic E-state index is 14.6. The van der Waals surface area contributed by atoms with E-state index in [1.54, 1.807) is 35.9 Å². The van der Waals surface area contributed by atoms with Gasteiger partial charge in [-0.25, -0.2) is 14.4 Å². The minimum atomic E-state index is -0.417. The Morgan fingerprint density at radius 2 is 2.08 bits per heavy atom. The molecule has 0 spiro atoms. The van der Waals surface area contributed by atoms with Gasteiger partial charge in [-0.3, -0.25) is 4.40 Å². The van der Waals surface area contributed by atoms with Crippen LogP contribution in [0.4, 0.5) is 4.39 Å². The number of aromatic nitrogens is 3. The first-order valence-corrected chi connectivity index (χ1v) is 8.78. The Bertz CT molecular complexity index is 912. The van der Waals surface area contributed by atoms with Crippen LogP contribution in [0.3, 0.4) is 0 Å². The fourth-order valence-corrected chi connectivity index (χ4v) is 3.31. The molecule has 0 aliphatic heterocycles. The Morgan fingerprint density at radius 3 is 2.80 bits per heavy atom. The molecule has 6 heteroatoms. The van der Waals surface area contributed by atoms with E-state index >= 15 is 0 Å². The van der Waals surface area contributed by atoms with E-state index in [2.05, 4.69) is 16.9 Å². The zero-order valence-electron chi connectivity index (χ0n) is 14.3. The maximum Gasteiger partial charge on any atom is 0.234 e. The minimum absolute atomic E-state index is 0.292. The van der Waals surface area contributed by atoms with Crippen LogP contribution >= 0.6 is 11.6 Å². The number of fused-ring (bicyclic) bond motifs is 1. The van der Waals surface area contributed by atoms with E-state index in [1.165, 1.54) is 6.07 Å². The standard InChI is InChI=1S/C19H20ClFN4/c1-3-4-5-9-15(22)18-16(17-13(20)7-6-8-14(17)21)12(2)24-19-23-10-11-25(18)19/h6-8,10-11,22H,3-5,9H2,1-2H3. The highest BCUT2D eigenvalue weighted by Gasteiger charge is 2.22. The third kappa shape index (κ3) is 3.29. The van der Waals surface area contributed by atoms with Gasteiger partial charge in [-0.2, -0.15) is 0 Å². The zero-order valence-corrected chi connectivity index (χ0v) is 15.1. The summed E-state index contributed by atoms with van der Waals surface area (Å²) in [5.41, 5.74) is 2.52. The van der Waals surface area contributed by atoms with Crippen molar-refractivity contribution in [2.24, 2.45) is 0 Å². The average molecular weight is 359 g/mol. The van der Waals surface area contributed by atoms with Crippen LogP contribution in [-0.2, 0) is 0 Å². The van der Waals surface area contributed by atoms with Crippen molar-refractivity contribution in [2.75, 3.05) is 0 Å². The van der Waals surface area contributed by atoms with Crippen molar-refractivity contribution >= 4 is 23.1 Å². The third-order valence-electron chi connectivity index (χ3n) is 4.26. The molecule has 2 heterocycles. The molecule has 3 aromatic rings.